The molecule has 2 fully saturated rings. The van der Waals surface area contributed by atoms with Gasteiger partial charge in [-0.2, -0.15) is 0 Å². The van der Waals surface area contributed by atoms with E-state index in [1.54, 1.807) is 7.05 Å². The Hall–Kier alpha value is -0.610. The molecule has 1 aliphatic heterocycles. The lowest BCUT2D eigenvalue weighted by Crippen LogP contribution is -2.50. The van der Waals surface area contributed by atoms with Crippen LogP contribution in [0.15, 0.2) is 0 Å². The zero-order chi connectivity index (χ0) is 13.7. The van der Waals surface area contributed by atoms with Gasteiger partial charge in [0.15, 0.2) is 0 Å². The number of piperazine rings is 1. The van der Waals surface area contributed by atoms with Gasteiger partial charge in [-0.15, -0.1) is 0 Å². The number of hydrogen-bond acceptors (Lipinski definition) is 3. The average molecular weight is 267 g/mol. The third-order valence-electron chi connectivity index (χ3n) is 4.76. The SMILES string of the molecule is CNC(=O)CN1CCN(CC2CCC(C)CC2)CC1. The standard InChI is InChI=1S/C15H29N3O/c1-13-3-5-14(6-4-13)11-17-7-9-18(10-8-17)12-15(19)16-2/h13-14H,3-12H2,1-2H3,(H,16,19). The van der Waals surface area contributed by atoms with Gasteiger partial charge in [0.2, 0.25) is 5.91 Å². The maximum atomic E-state index is 11.3. The molecule has 0 unspecified atom stereocenters. The summed E-state index contributed by atoms with van der Waals surface area (Å²) >= 11 is 0. The van der Waals surface area contributed by atoms with Crippen LogP contribution in [-0.2, 0) is 4.79 Å². The molecule has 1 N–H and O–H groups in total. The second-order valence-corrected chi connectivity index (χ2v) is 6.38. The lowest BCUT2D eigenvalue weighted by molar-refractivity contribution is -0.122. The first-order chi connectivity index (χ1) is 9.17. The van der Waals surface area contributed by atoms with E-state index in [1.165, 1.54) is 32.2 Å². The van der Waals surface area contributed by atoms with Crippen molar-refractivity contribution < 1.29 is 4.79 Å². The molecule has 110 valence electrons. The van der Waals surface area contributed by atoms with E-state index >= 15 is 0 Å². The van der Waals surface area contributed by atoms with Crippen LogP contribution in [0.1, 0.15) is 32.6 Å². The highest BCUT2D eigenvalue weighted by Gasteiger charge is 2.23. The second kappa shape index (κ2) is 7.25. The Morgan fingerprint density at radius 1 is 1.05 bits per heavy atom. The van der Waals surface area contributed by atoms with Crippen molar-refractivity contribution in [3.63, 3.8) is 0 Å². The lowest BCUT2D eigenvalue weighted by atomic mass is 9.83. The third kappa shape index (κ3) is 4.77. The van der Waals surface area contributed by atoms with Crippen molar-refractivity contribution in [1.82, 2.24) is 15.1 Å². The number of nitrogens with one attached hydrogen (secondary N) is 1. The largest absolute Gasteiger partial charge is 0.358 e. The summed E-state index contributed by atoms with van der Waals surface area (Å²) < 4.78 is 0. The summed E-state index contributed by atoms with van der Waals surface area (Å²) in [7, 11) is 1.71. The first-order valence-electron chi connectivity index (χ1n) is 7.82. The Morgan fingerprint density at radius 3 is 2.21 bits per heavy atom. The van der Waals surface area contributed by atoms with Crippen LogP contribution in [0.5, 0.6) is 0 Å². The van der Waals surface area contributed by atoms with E-state index in [0.29, 0.717) is 6.54 Å². The molecule has 0 aromatic heterocycles. The summed E-state index contributed by atoms with van der Waals surface area (Å²) in [6.45, 7) is 8.55. The van der Waals surface area contributed by atoms with Gasteiger partial charge in [-0.3, -0.25) is 9.69 Å². The molecule has 0 radical (unpaired) electrons. The molecule has 2 rings (SSSR count). The molecule has 1 amide bonds. The van der Waals surface area contributed by atoms with Crippen LogP contribution in [0, 0.1) is 11.8 Å². The van der Waals surface area contributed by atoms with E-state index in [0.717, 1.165) is 38.0 Å². The second-order valence-electron chi connectivity index (χ2n) is 6.38. The maximum Gasteiger partial charge on any atom is 0.233 e. The van der Waals surface area contributed by atoms with E-state index < -0.39 is 0 Å². The normalized spacial score (nSPS) is 30.2. The molecular weight excluding hydrogens is 238 g/mol. The minimum Gasteiger partial charge on any atom is -0.358 e. The van der Waals surface area contributed by atoms with E-state index in [-0.39, 0.29) is 5.91 Å². The molecule has 0 spiro atoms. The van der Waals surface area contributed by atoms with Gasteiger partial charge in [0.25, 0.3) is 0 Å². The van der Waals surface area contributed by atoms with E-state index in [2.05, 4.69) is 22.0 Å². The van der Waals surface area contributed by atoms with Crippen molar-refractivity contribution in [3.05, 3.63) is 0 Å². The van der Waals surface area contributed by atoms with Gasteiger partial charge in [0, 0.05) is 39.8 Å². The Kier molecular flexibility index (Phi) is 5.64. The first-order valence-corrected chi connectivity index (χ1v) is 7.82. The molecule has 2 aliphatic rings. The molecule has 1 saturated heterocycles. The van der Waals surface area contributed by atoms with Crippen molar-refractivity contribution in [1.29, 1.82) is 0 Å². The number of likely N-dealkylation sites (N-methyl/N-ethyl adjacent to an activating group) is 1. The molecule has 1 saturated carbocycles. The quantitative estimate of drug-likeness (QED) is 0.831. The van der Waals surface area contributed by atoms with Gasteiger partial charge in [0.1, 0.15) is 0 Å². The number of nitrogens with zero attached hydrogens (tertiary/aromatic N) is 2. The summed E-state index contributed by atoms with van der Waals surface area (Å²) in [5.41, 5.74) is 0. The maximum absolute atomic E-state index is 11.3. The van der Waals surface area contributed by atoms with Crippen LogP contribution in [0.3, 0.4) is 0 Å². The molecule has 0 bridgehead atoms. The zero-order valence-electron chi connectivity index (χ0n) is 12.5. The monoisotopic (exact) mass is 267 g/mol. The van der Waals surface area contributed by atoms with Crippen LogP contribution < -0.4 is 5.32 Å². The van der Waals surface area contributed by atoms with Gasteiger partial charge < -0.3 is 10.2 Å². The van der Waals surface area contributed by atoms with Gasteiger partial charge in [-0.25, -0.2) is 0 Å². The summed E-state index contributed by atoms with van der Waals surface area (Å²) in [6, 6.07) is 0. The first kappa shape index (κ1) is 14.8. The Morgan fingerprint density at radius 2 is 1.63 bits per heavy atom. The fourth-order valence-electron chi connectivity index (χ4n) is 3.29. The van der Waals surface area contributed by atoms with E-state index in [9.17, 15) is 4.79 Å². The number of amides is 1. The van der Waals surface area contributed by atoms with Crippen molar-refractivity contribution in [3.8, 4) is 0 Å². The fraction of sp³-hybridized carbons (Fsp3) is 0.933. The van der Waals surface area contributed by atoms with Crippen molar-refractivity contribution in [2.45, 2.75) is 32.6 Å². The number of carbonyl (C=O) groups excluding carboxylic acids is 1. The average Bonchev–Trinajstić information content (AvgIpc) is 2.43. The Balaban J connectivity index is 1.64. The van der Waals surface area contributed by atoms with Crippen molar-refractivity contribution in [2.75, 3.05) is 46.3 Å². The van der Waals surface area contributed by atoms with Gasteiger partial charge >= 0.3 is 0 Å². The highest BCUT2D eigenvalue weighted by molar-refractivity contribution is 5.77. The van der Waals surface area contributed by atoms with Crippen LogP contribution in [0.25, 0.3) is 0 Å². The molecule has 1 aliphatic carbocycles. The topological polar surface area (TPSA) is 35.6 Å². The molecule has 0 aromatic carbocycles. The minimum absolute atomic E-state index is 0.134. The highest BCUT2D eigenvalue weighted by Crippen LogP contribution is 2.28. The lowest BCUT2D eigenvalue weighted by Gasteiger charge is -2.37. The van der Waals surface area contributed by atoms with Crippen molar-refractivity contribution in [2.24, 2.45) is 11.8 Å². The predicted octanol–water partition coefficient (Wildman–Crippen LogP) is 1.18. The third-order valence-corrected chi connectivity index (χ3v) is 4.76. The molecule has 0 aromatic rings. The van der Waals surface area contributed by atoms with Crippen LogP contribution >= 0.6 is 0 Å². The predicted molar refractivity (Wildman–Crippen MR) is 78.1 cm³/mol. The Bertz CT molecular complexity index is 279. The highest BCUT2D eigenvalue weighted by atomic mass is 16.1. The summed E-state index contributed by atoms with van der Waals surface area (Å²) in [5.74, 6) is 2.00. The number of rotatable bonds is 4. The molecule has 19 heavy (non-hydrogen) atoms. The van der Waals surface area contributed by atoms with Gasteiger partial charge in [0.05, 0.1) is 6.54 Å². The molecular formula is C15H29N3O. The number of carbonyl (C=O) groups is 1. The van der Waals surface area contributed by atoms with Crippen molar-refractivity contribution >= 4 is 5.91 Å². The summed E-state index contributed by atoms with van der Waals surface area (Å²) in [6.07, 6.45) is 5.67. The van der Waals surface area contributed by atoms with Crippen LogP contribution in [0.4, 0.5) is 0 Å². The Labute approximate surface area is 117 Å². The van der Waals surface area contributed by atoms with Gasteiger partial charge in [-0.1, -0.05) is 19.8 Å². The molecule has 4 nitrogen and oxygen atoms in total. The molecule has 1 heterocycles. The zero-order valence-corrected chi connectivity index (χ0v) is 12.5. The van der Waals surface area contributed by atoms with Crippen LogP contribution in [0.2, 0.25) is 0 Å². The smallest absolute Gasteiger partial charge is 0.233 e. The fourth-order valence-corrected chi connectivity index (χ4v) is 3.29. The summed E-state index contributed by atoms with van der Waals surface area (Å²) in [5, 5.41) is 2.70. The van der Waals surface area contributed by atoms with E-state index in [1.807, 2.05) is 0 Å². The molecule has 0 atom stereocenters. The minimum atomic E-state index is 0.134. The van der Waals surface area contributed by atoms with Gasteiger partial charge in [-0.05, 0) is 24.7 Å². The molecule has 4 heteroatoms. The van der Waals surface area contributed by atoms with Crippen LogP contribution in [-0.4, -0.2) is 62.0 Å². The summed E-state index contributed by atoms with van der Waals surface area (Å²) in [4.78, 5) is 16.2. The number of hydrogen-bond donors (Lipinski definition) is 1. The van der Waals surface area contributed by atoms with E-state index in [4.69, 9.17) is 0 Å².